The molecule has 0 spiro atoms. The van der Waals surface area contributed by atoms with E-state index in [1.54, 1.807) is 0 Å². The van der Waals surface area contributed by atoms with Crippen LogP contribution in [0.15, 0.2) is 24.3 Å². The number of carbonyl (C=O) groups is 2. The topological polar surface area (TPSA) is 69.4 Å². The lowest BCUT2D eigenvalue weighted by Gasteiger charge is -2.05. The first-order valence-electron chi connectivity index (χ1n) is 3.99. The van der Waals surface area contributed by atoms with Crippen molar-refractivity contribution in [2.75, 3.05) is 5.73 Å². The number of carbonyl (C=O) groups excluding carboxylic acids is 2. The van der Waals surface area contributed by atoms with Gasteiger partial charge in [-0.1, -0.05) is 0 Å². The number of anilines is 1. The molecule has 0 aliphatic heterocycles. The van der Waals surface area contributed by atoms with E-state index in [0.29, 0.717) is 5.69 Å². The van der Waals surface area contributed by atoms with Gasteiger partial charge in [-0.2, -0.15) is 13.2 Å². The number of alkyl halides is 3. The number of hydrogen-bond donors (Lipinski definition) is 1. The van der Waals surface area contributed by atoms with E-state index in [1.807, 2.05) is 0 Å². The normalized spacial score (nSPS) is 10.9. The monoisotopic (exact) mass is 233 g/mol. The minimum absolute atomic E-state index is 0.188. The average molecular weight is 233 g/mol. The van der Waals surface area contributed by atoms with Gasteiger partial charge in [0.05, 0.1) is 5.56 Å². The van der Waals surface area contributed by atoms with E-state index < -0.39 is 18.1 Å². The second-order valence-electron chi connectivity index (χ2n) is 2.80. The third kappa shape index (κ3) is 2.97. The zero-order chi connectivity index (χ0) is 12.3. The summed E-state index contributed by atoms with van der Waals surface area (Å²) in [7, 11) is 0. The van der Waals surface area contributed by atoms with E-state index in [4.69, 9.17) is 5.73 Å². The molecule has 0 saturated heterocycles. The van der Waals surface area contributed by atoms with E-state index in [2.05, 4.69) is 4.74 Å². The summed E-state index contributed by atoms with van der Waals surface area (Å²) < 4.78 is 38.8. The molecular weight excluding hydrogens is 227 g/mol. The fourth-order valence-electron chi connectivity index (χ4n) is 0.820. The van der Waals surface area contributed by atoms with Crippen molar-refractivity contribution < 1.29 is 27.5 Å². The molecule has 16 heavy (non-hydrogen) atoms. The highest BCUT2D eigenvalue weighted by atomic mass is 19.4. The minimum Gasteiger partial charge on any atom is -0.399 e. The zero-order valence-corrected chi connectivity index (χ0v) is 7.75. The maximum absolute atomic E-state index is 11.7. The molecule has 0 atom stereocenters. The van der Waals surface area contributed by atoms with Gasteiger partial charge in [-0.15, -0.1) is 0 Å². The second-order valence-corrected chi connectivity index (χ2v) is 2.80. The highest BCUT2D eigenvalue weighted by Crippen LogP contribution is 2.17. The van der Waals surface area contributed by atoms with E-state index in [1.165, 1.54) is 12.1 Å². The summed E-state index contributed by atoms with van der Waals surface area (Å²) in [4.78, 5) is 21.4. The van der Waals surface area contributed by atoms with Gasteiger partial charge in [-0.05, 0) is 24.3 Å². The Balaban J connectivity index is 2.74. The predicted molar refractivity (Wildman–Crippen MR) is 47.3 cm³/mol. The molecule has 4 nitrogen and oxygen atoms in total. The van der Waals surface area contributed by atoms with Crippen LogP contribution < -0.4 is 5.73 Å². The van der Waals surface area contributed by atoms with Crippen LogP contribution in [0.4, 0.5) is 18.9 Å². The number of benzene rings is 1. The summed E-state index contributed by atoms with van der Waals surface area (Å²) in [6, 6.07) is 4.91. The zero-order valence-electron chi connectivity index (χ0n) is 7.75. The molecule has 1 aromatic rings. The molecule has 1 aromatic carbocycles. The van der Waals surface area contributed by atoms with Crippen LogP contribution in [-0.4, -0.2) is 18.1 Å². The highest BCUT2D eigenvalue weighted by molar-refractivity contribution is 5.98. The lowest BCUT2D eigenvalue weighted by molar-refractivity contribution is -0.193. The van der Waals surface area contributed by atoms with Crippen LogP contribution in [-0.2, 0) is 9.53 Å². The van der Waals surface area contributed by atoms with Crippen molar-refractivity contribution in [1.29, 1.82) is 0 Å². The van der Waals surface area contributed by atoms with Crippen molar-refractivity contribution >= 4 is 17.6 Å². The van der Waals surface area contributed by atoms with Crippen molar-refractivity contribution in [3.8, 4) is 0 Å². The van der Waals surface area contributed by atoms with E-state index in [9.17, 15) is 22.8 Å². The molecule has 0 aromatic heterocycles. The Morgan fingerprint density at radius 3 is 2.06 bits per heavy atom. The molecule has 0 aliphatic rings. The number of ether oxygens (including phenoxy) is 1. The maximum atomic E-state index is 11.7. The lowest BCUT2D eigenvalue weighted by Crippen LogP contribution is -2.28. The molecule has 0 unspecified atom stereocenters. The smallest absolute Gasteiger partial charge is 0.399 e. The Hall–Kier alpha value is -2.05. The number of hydrogen-bond acceptors (Lipinski definition) is 4. The molecule has 0 aliphatic carbocycles. The fraction of sp³-hybridized carbons (Fsp3) is 0.111. The number of esters is 2. The van der Waals surface area contributed by atoms with E-state index in [0.717, 1.165) is 12.1 Å². The van der Waals surface area contributed by atoms with Gasteiger partial charge in [0.25, 0.3) is 0 Å². The number of nitrogens with two attached hydrogens (primary N) is 1. The van der Waals surface area contributed by atoms with Crippen LogP contribution in [0, 0.1) is 0 Å². The molecular formula is C9H6F3NO3. The first-order chi connectivity index (χ1) is 7.30. The standard InChI is InChI=1S/C9H6F3NO3/c10-9(11,12)8(15)16-7(14)5-1-3-6(13)4-2-5/h1-4H,13H2. The van der Waals surface area contributed by atoms with Gasteiger partial charge < -0.3 is 10.5 Å². The van der Waals surface area contributed by atoms with Gasteiger partial charge in [-0.3, -0.25) is 0 Å². The van der Waals surface area contributed by atoms with Crippen LogP contribution in [0.2, 0.25) is 0 Å². The Morgan fingerprint density at radius 1 is 1.12 bits per heavy atom. The van der Waals surface area contributed by atoms with Crippen molar-refractivity contribution in [2.45, 2.75) is 6.18 Å². The van der Waals surface area contributed by atoms with E-state index in [-0.39, 0.29) is 5.56 Å². The molecule has 0 bridgehead atoms. The average Bonchev–Trinajstić information content (AvgIpc) is 2.17. The van der Waals surface area contributed by atoms with E-state index >= 15 is 0 Å². The highest BCUT2D eigenvalue weighted by Gasteiger charge is 2.42. The van der Waals surface area contributed by atoms with Gasteiger partial charge in [0.15, 0.2) is 0 Å². The molecule has 0 fully saturated rings. The Morgan fingerprint density at radius 2 is 1.62 bits per heavy atom. The van der Waals surface area contributed by atoms with Gasteiger partial charge in [0.1, 0.15) is 0 Å². The maximum Gasteiger partial charge on any atom is 0.491 e. The van der Waals surface area contributed by atoms with Crippen molar-refractivity contribution in [3.63, 3.8) is 0 Å². The Kier molecular flexibility index (Phi) is 3.17. The molecule has 1 rings (SSSR count). The van der Waals surface area contributed by atoms with Crippen molar-refractivity contribution in [3.05, 3.63) is 29.8 Å². The van der Waals surface area contributed by atoms with Crippen LogP contribution in [0.3, 0.4) is 0 Å². The summed E-state index contributed by atoms with van der Waals surface area (Å²) in [6.07, 6.45) is -5.19. The molecule has 0 radical (unpaired) electrons. The molecule has 2 N–H and O–H groups in total. The SMILES string of the molecule is Nc1ccc(C(=O)OC(=O)C(F)(F)F)cc1. The molecule has 86 valence electrons. The Bertz CT molecular complexity index is 411. The third-order valence-electron chi connectivity index (χ3n) is 1.56. The molecule has 7 heteroatoms. The molecule has 0 saturated carbocycles. The van der Waals surface area contributed by atoms with Crippen LogP contribution in [0.1, 0.15) is 10.4 Å². The number of rotatable bonds is 1. The fourth-order valence-corrected chi connectivity index (χ4v) is 0.820. The quantitative estimate of drug-likeness (QED) is 0.453. The summed E-state index contributed by atoms with van der Waals surface area (Å²) in [5.74, 6) is -3.92. The van der Waals surface area contributed by atoms with Crippen LogP contribution in [0.25, 0.3) is 0 Å². The number of halogens is 3. The van der Waals surface area contributed by atoms with Gasteiger partial charge >= 0.3 is 18.1 Å². The van der Waals surface area contributed by atoms with Crippen molar-refractivity contribution in [2.24, 2.45) is 0 Å². The van der Waals surface area contributed by atoms with Crippen molar-refractivity contribution in [1.82, 2.24) is 0 Å². The third-order valence-corrected chi connectivity index (χ3v) is 1.56. The Labute approximate surface area is 87.8 Å². The summed E-state index contributed by atoms with van der Waals surface area (Å²) in [5.41, 5.74) is 5.44. The van der Waals surface area contributed by atoms with Gasteiger partial charge in [0, 0.05) is 5.69 Å². The summed E-state index contributed by atoms with van der Waals surface area (Å²) in [6.45, 7) is 0. The van der Waals surface area contributed by atoms with Gasteiger partial charge in [0.2, 0.25) is 0 Å². The van der Waals surface area contributed by atoms with Crippen LogP contribution in [0.5, 0.6) is 0 Å². The number of nitrogen functional groups attached to an aromatic ring is 1. The minimum atomic E-state index is -5.19. The molecule has 0 heterocycles. The second kappa shape index (κ2) is 4.21. The molecule has 0 amide bonds. The lowest BCUT2D eigenvalue weighted by atomic mass is 10.2. The summed E-state index contributed by atoms with van der Waals surface area (Å²) >= 11 is 0. The largest absolute Gasteiger partial charge is 0.491 e. The van der Waals surface area contributed by atoms with Crippen LogP contribution >= 0.6 is 0 Å². The predicted octanol–water partition coefficient (Wildman–Crippen LogP) is 1.51. The first kappa shape index (κ1) is 12.0. The first-order valence-corrected chi connectivity index (χ1v) is 3.99. The summed E-state index contributed by atoms with van der Waals surface area (Å²) in [5, 5.41) is 0. The van der Waals surface area contributed by atoms with Gasteiger partial charge in [-0.25, -0.2) is 9.59 Å².